The molecular formula is C2HNO4. The van der Waals surface area contributed by atoms with E-state index >= 15 is 0 Å². The van der Waals surface area contributed by atoms with E-state index in [1.54, 1.807) is 4.98 Å². The second-order valence-electron chi connectivity index (χ2n) is 0.867. The topological polar surface area (TPSA) is 76.2 Å². The molecule has 38 valence electrons. The van der Waals surface area contributed by atoms with Crippen molar-refractivity contribution in [1.82, 2.24) is 4.98 Å². The summed E-state index contributed by atoms with van der Waals surface area (Å²) in [6.45, 7) is 0. The fourth-order valence-corrected chi connectivity index (χ4v) is 0.201. The summed E-state index contributed by atoms with van der Waals surface area (Å²) in [5.41, 5.74) is 0. The van der Waals surface area contributed by atoms with E-state index in [1.165, 1.54) is 0 Å². The van der Waals surface area contributed by atoms with Gasteiger partial charge in [-0.1, -0.05) is 0 Å². The van der Waals surface area contributed by atoms with Crippen LogP contribution >= 0.6 is 0 Å². The Balaban J connectivity index is 3.59. The average molecular weight is 103 g/mol. The number of rotatable bonds is 0. The maximum atomic E-state index is 9.77. The Labute approximate surface area is 36.5 Å². The molecule has 0 aromatic carbocycles. The highest BCUT2D eigenvalue weighted by atomic mass is 17.0. The lowest BCUT2D eigenvalue weighted by molar-refractivity contribution is 0.0370. The minimum absolute atomic E-state index is 0.870. The lowest BCUT2D eigenvalue weighted by Gasteiger charge is -1.47. The molecule has 0 aliphatic heterocycles. The van der Waals surface area contributed by atoms with Crippen molar-refractivity contribution >= 4 is 0 Å². The van der Waals surface area contributed by atoms with Crippen molar-refractivity contribution in [2.24, 2.45) is 0 Å². The molecule has 1 aromatic heterocycles. The van der Waals surface area contributed by atoms with Crippen LogP contribution in [0.25, 0.3) is 0 Å². The first-order chi connectivity index (χ1) is 3.29. The highest BCUT2D eigenvalue weighted by Crippen LogP contribution is 1.52. The molecule has 1 rings (SSSR count). The summed E-state index contributed by atoms with van der Waals surface area (Å²) < 4.78 is 7.33. The Morgan fingerprint density at radius 2 is 1.57 bits per heavy atom. The fourth-order valence-electron chi connectivity index (χ4n) is 0.201. The normalized spacial score (nSPS) is 9.14. The predicted molar refractivity (Wildman–Crippen MR) is 17.9 cm³/mol. The molecule has 0 fully saturated rings. The molecule has 1 heterocycles. The number of aromatic amines is 1. The molecular weight excluding hydrogens is 102 g/mol. The third-order valence-electron chi connectivity index (χ3n) is 0.397. The predicted octanol–water partition coefficient (Wildman–Crippen LogP) is -1.08. The Morgan fingerprint density at radius 1 is 1.14 bits per heavy atom. The number of hydrogen-bond donors (Lipinski definition) is 1. The summed E-state index contributed by atoms with van der Waals surface area (Å²) in [6.07, 6.45) is 0. The van der Waals surface area contributed by atoms with Gasteiger partial charge in [-0.25, -0.2) is 23.7 Å². The molecule has 1 N–H and O–H groups in total. The lowest BCUT2D eigenvalue weighted by Crippen LogP contribution is -2.04. The van der Waals surface area contributed by atoms with Crippen molar-refractivity contribution < 1.29 is 9.15 Å². The van der Waals surface area contributed by atoms with E-state index in [0.29, 0.717) is 0 Å². The van der Waals surface area contributed by atoms with Crippen LogP contribution in [0.5, 0.6) is 0 Å². The van der Waals surface area contributed by atoms with E-state index in [0.717, 1.165) is 0 Å². The second kappa shape index (κ2) is 1.11. The van der Waals surface area contributed by atoms with Crippen LogP contribution in [0.1, 0.15) is 0 Å². The van der Waals surface area contributed by atoms with Gasteiger partial charge in [-0.2, -0.15) is 0 Å². The van der Waals surface area contributed by atoms with Gasteiger partial charge in [0.1, 0.15) is 0 Å². The van der Waals surface area contributed by atoms with Crippen molar-refractivity contribution in [1.29, 1.82) is 0 Å². The van der Waals surface area contributed by atoms with Gasteiger partial charge in [0.2, 0.25) is 0 Å². The summed E-state index contributed by atoms with van der Waals surface area (Å²) in [7, 11) is 0. The summed E-state index contributed by atoms with van der Waals surface area (Å²) >= 11 is 0. The van der Waals surface area contributed by atoms with Crippen LogP contribution < -0.4 is 11.5 Å². The standard InChI is InChI=1S/C2HNO4/c4-1-3-2(5)7-6-1/h(H,3,4,5). The molecule has 0 saturated heterocycles. The SMILES string of the molecule is O=c1[nH]c(=O)oo1. The largest absolute Gasteiger partial charge is 0.459 e. The third-order valence-corrected chi connectivity index (χ3v) is 0.397. The molecule has 0 bridgehead atoms. The maximum Gasteiger partial charge on any atom is 0.459 e. The quantitative estimate of drug-likeness (QED) is 0.424. The number of nitrogens with one attached hydrogen (secondary N) is 1. The van der Waals surface area contributed by atoms with Gasteiger partial charge < -0.3 is 0 Å². The third kappa shape index (κ3) is 0.594. The van der Waals surface area contributed by atoms with Gasteiger partial charge >= 0.3 is 11.5 Å². The van der Waals surface area contributed by atoms with Gasteiger partial charge in [0, 0.05) is 0 Å². The van der Waals surface area contributed by atoms with Crippen LogP contribution in [0.2, 0.25) is 0 Å². The van der Waals surface area contributed by atoms with E-state index in [9.17, 15) is 9.59 Å². The molecule has 7 heavy (non-hydrogen) atoms. The van der Waals surface area contributed by atoms with Gasteiger partial charge in [0.15, 0.2) is 0 Å². The molecule has 0 unspecified atom stereocenters. The first-order valence-electron chi connectivity index (χ1n) is 1.48. The maximum absolute atomic E-state index is 9.77. The van der Waals surface area contributed by atoms with Gasteiger partial charge in [-0.3, -0.25) is 0 Å². The van der Waals surface area contributed by atoms with E-state index < -0.39 is 11.5 Å². The van der Waals surface area contributed by atoms with Crippen LogP contribution in [0.3, 0.4) is 0 Å². The number of H-pyrrole nitrogens is 1. The molecule has 1 aromatic rings. The Hall–Kier alpha value is -1.26. The van der Waals surface area contributed by atoms with Crippen molar-refractivity contribution in [3.8, 4) is 0 Å². The van der Waals surface area contributed by atoms with Gasteiger partial charge in [0.25, 0.3) is 0 Å². The molecule has 0 radical (unpaired) electrons. The summed E-state index contributed by atoms with van der Waals surface area (Å²) in [6, 6.07) is 0. The molecule has 5 heteroatoms. The first-order valence-corrected chi connectivity index (χ1v) is 1.48. The fraction of sp³-hybridized carbons (Fsp3) is 0. The van der Waals surface area contributed by atoms with Crippen LogP contribution in [-0.2, 0) is 0 Å². The molecule has 0 atom stereocenters. The molecule has 0 saturated carbocycles. The van der Waals surface area contributed by atoms with Crippen LogP contribution in [0.15, 0.2) is 18.7 Å². The van der Waals surface area contributed by atoms with Crippen molar-refractivity contribution in [3.05, 3.63) is 21.1 Å². The molecule has 5 nitrogen and oxygen atoms in total. The highest BCUT2D eigenvalue weighted by Gasteiger charge is 1.87. The zero-order valence-corrected chi connectivity index (χ0v) is 3.13. The molecule has 0 aliphatic rings. The Kier molecular flexibility index (Phi) is 0.619. The van der Waals surface area contributed by atoms with E-state index in [-0.39, 0.29) is 0 Å². The zero-order chi connectivity index (χ0) is 5.28. The van der Waals surface area contributed by atoms with Gasteiger partial charge in [-0.05, 0) is 0 Å². The second-order valence-corrected chi connectivity index (χ2v) is 0.867. The minimum atomic E-state index is -0.870. The Morgan fingerprint density at radius 3 is 1.71 bits per heavy atom. The van der Waals surface area contributed by atoms with E-state index in [2.05, 4.69) is 9.15 Å². The molecule has 0 aliphatic carbocycles. The van der Waals surface area contributed by atoms with E-state index in [1.807, 2.05) is 0 Å². The van der Waals surface area contributed by atoms with Gasteiger partial charge in [0.05, 0.1) is 0 Å². The summed E-state index contributed by atoms with van der Waals surface area (Å²) in [4.78, 5) is 21.2. The van der Waals surface area contributed by atoms with Crippen LogP contribution in [0.4, 0.5) is 0 Å². The van der Waals surface area contributed by atoms with Crippen molar-refractivity contribution in [2.45, 2.75) is 0 Å². The monoisotopic (exact) mass is 103 g/mol. The van der Waals surface area contributed by atoms with Gasteiger partial charge in [-0.15, -0.1) is 0 Å². The van der Waals surface area contributed by atoms with Crippen molar-refractivity contribution in [2.75, 3.05) is 0 Å². The first kappa shape index (κ1) is 3.91. The van der Waals surface area contributed by atoms with Crippen molar-refractivity contribution in [3.63, 3.8) is 0 Å². The summed E-state index contributed by atoms with van der Waals surface area (Å²) in [5, 5.41) is 0. The number of hydrogen-bond acceptors (Lipinski definition) is 4. The zero-order valence-electron chi connectivity index (χ0n) is 3.13. The smallest absolute Gasteiger partial charge is 0.220 e. The van der Waals surface area contributed by atoms with Crippen LogP contribution in [0, 0.1) is 0 Å². The van der Waals surface area contributed by atoms with Crippen LogP contribution in [-0.4, -0.2) is 4.98 Å². The molecule has 0 amide bonds. The molecule has 0 spiro atoms. The number of aromatic nitrogens is 1. The lowest BCUT2D eigenvalue weighted by atomic mass is 11.3. The highest BCUT2D eigenvalue weighted by molar-refractivity contribution is 4.40. The van der Waals surface area contributed by atoms with E-state index in [4.69, 9.17) is 0 Å². The Bertz CT molecular complexity index is 214. The summed E-state index contributed by atoms with van der Waals surface area (Å²) in [5.74, 6) is -1.74. The minimum Gasteiger partial charge on any atom is -0.220 e. The average Bonchev–Trinajstić information content (AvgIpc) is 1.87.